The van der Waals surface area contributed by atoms with Crippen molar-refractivity contribution in [3.05, 3.63) is 36.6 Å². The Hall–Kier alpha value is -1.75. The average Bonchev–Trinajstić information content (AvgIpc) is 2.33. The van der Waals surface area contributed by atoms with Crippen LogP contribution in [0.25, 0.3) is 0 Å². The number of rotatable bonds is 7. The number of amides is 1. The lowest BCUT2D eigenvalue weighted by Crippen LogP contribution is -2.36. The summed E-state index contributed by atoms with van der Waals surface area (Å²) in [4.78, 5) is 11.4. The minimum atomic E-state index is -0.504. The number of carbonyl (C=O) groups excluding carboxylic acids is 1. The van der Waals surface area contributed by atoms with Crippen LogP contribution in [-0.4, -0.2) is 36.1 Å². The number of hydrogen-bond donors (Lipinski definition) is 2. The van der Waals surface area contributed by atoms with Crippen molar-refractivity contribution in [2.75, 3.05) is 13.2 Å². The number of nitrogens with one attached hydrogen (secondary N) is 1. The van der Waals surface area contributed by atoms with Crippen LogP contribution < -0.4 is 5.32 Å². The molecule has 0 spiro atoms. The van der Waals surface area contributed by atoms with Crippen molar-refractivity contribution in [1.29, 1.82) is 0 Å². The molecule has 0 saturated heterocycles. The number of aliphatic hydroxyl groups is 1. The first-order chi connectivity index (χ1) is 9.24. The summed E-state index contributed by atoms with van der Waals surface area (Å²) in [6, 6.07) is 0. The van der Waals surface area contributed by atoms with Gasteiger partial charge in [0.1, 0.15) is 11.4 Å². The molecule has 20 heavy (non-hydrogen) atoms. The molecule has 0 radical (unpaired) electrons. The summed E-state index contributed by atoms with van der Waals surface area (Å²) in [5.74, 6) is 0.0980. The third-order valence-electron chi connectivity index (χ3n) is 2.02. The zero-order valence-corrected chi connectivity index (χ0v) is 12.7. The predicted octanol–water partition coefficient (Wildman–Crippen LogP) is 3.10. The monoisotopic (exact) mass is 283 g/mol. The third kappa shape index (κ3) is 11.3. The number of hydrogen-bond acceptors (Lipinski definition) is 4. The second kappa shape index (κ2) is 9.20. The quantitative estimate of drug-likeness (QED) is 0.556. The second-order valence-electron chi connectivity index (χ2n) is 5.25. The molecule has 0 fully saturated rings. The van der Waals surface area contributed by atoms with Crippen molar-refractivity contribution in [3.63, 3.8) is 0 Å². The molecule has 0 saturated carbocycles. The number of allylic oxidation sites excluding steroid dienone is 3. The first-order valence-corrected chi connectivity index (χ1v) is 6.51. The highest BCUT2D eigenvalue weighted by molar-refractivity contribution is 5.67. The van der Waals surface area contributed by atoms with Gasteiger partial charge in [0.05, 0.1) is 12.7 Å². The summed E-state index contributed by atoms with van der Waals surface area (Å²) in [7, 11) is 0. The van der Waals surface area contributed by atoms with Crippen molar-refractivity contribution in [2.24, 2.45) is 0 Å². The standard InChI is InChI=1S/C15H25NO4/c1-6-13(17)9-7-8-10-19-12(2)11-16-14(18)20-15(3,4)5/h6-9,12,17H,1,10-11H2,2-5H3,(H,16,18)/b8-7-,13-9+/t12-/m0/s1. The highest BCUT2D eigenvalue weighted by atomic mass is 16.6. The summed E-state index contributed by atoms with van der Waals surface area (Å²) in [5.41, 5.74) is -0.504. The summed E-state index contributed by atoms with van der Waals surface area (Å²) in [5, 5.41) is 11.7. The van der Waals surface area contributed by atoms with Crippen LogP contribution in [0.4, 0.5) is 4.79 Å². The molecule has 5 heteroatoms. The topological polar surface area (TPSA) is 67.8 Å². The second-order valence-corrected chi connectivity index (χ2v) is 5.25. The van der Waals surface area contributed by atoms with Gasteiger partial charge < -0.3 is 19.9 Å². The SMILES string of the molecule is C=C/C(O)=C\C=C/CO[C@@H](C)CNC(=O)OC(C)(C)C. The lowest BCUT2D eigenvalue weighted by atomic mass is 10.2. The molecule has 0 bridgehead atoms. The van der Waals surface area contributed by atoms with E-state index in [0.29, 0.717) is 13.2 Å². The maximum Gasteiger partial charge on any atom is 0.407 e. The Morgan fingerprint density at radius 1 is 1.45 bits per heavy atom. The van der Waals surface area contributed by atoms with E-state index >= 15 is 0 Å². The Balaban J connectivity index is 3.82. The lowest BCUT2D eigenvalue weighted by Gasteiger charge is -2.20. The maximum atomic E-state index is 11.4. The minimum Gasteiger partial charge on any atom is -0.508 e. The van der Waals surface area contributed by atoms with Gasteiger partial charge in [-0.3, -0.25) is 0 Å². The molecule has 5 nitrogen and oxygen atoms in total. The molecule has 0 heterocycles. The van der Waals surface area contributed by atoms with Gasteiger partial charge in [-0.2, -0.15) is 0 Å². The third-order valence-corrected chi connectivity index (χ3v) is 2.02. The van der Waals surface area contributed by atoms with Gasteiger partial charge in [-0.15, -0.1) is 0 Å². The first-order valence-electron chi connectivity index (χ1n) is 6.51. The van der Waals surface area contributed by atoms with Crippen molar-refractivity contribution in [1.82, 2.24) is 5.32 Å². The molecule has 114 valence electrons. The molecule has 0 rings (SSSR count). The number of alkyl carbamates (subject to hydrolysis) is 1. The van der Waals surface area contributed by atoms with Crippen LogP contribution in [0.2, 0.25) is 0 Å². The normalized spacial score (nSPS) is 14.1. The van der Waals surface area contributed by atoms with E-state index < -0.39 is 11.7 Å². The zero-order chi connectivity index (χ0) is 15.6. The summed E-state index contributed by atoms with van der Waals surface area (Å²) < 4.78 is 10.5. The molecule has 0 aromatic heterocycles. The van der Waals surface area contributed by atoms with E-state index in [-0.39, 0.29) is 11.9 Å². The molecular formula is C15H25NO4. The van der Waals surface area contributed by atoms with Crippen LogP contribution in [0, 0.1) is 0 Å². The van der Waals surface area contributed by atoms with Crippen LogP contribution in [-0.2, 0) is 9.47 Å². The fraction of sp³-hybridized carbons (Fsp3) is 0.533. The molecule has 0 unspecified atom stereocenters. The first kappa shape index (κ1) is 18.2. The van der Waals surface area contributed by atoms with Crippen molar-refractivity contribution < 1.29 is 19.4 Å². The van der Waals surface area contributed by atoms with E-state index in [1.807, 2.05) is 27.7 Å². The Labute approximate surface area is 121 Å². The van der Waals surface area contributed by atoms with Gasteiger partial charge in [0.2, 0.25) is 0 Å². The number of ether oxygens (including phenoxy) is 2. The predicted molar refractivity (Wildman–Crippen MR) is 79.7 cm³/mol. The highest BCUT2D eigenvalue weighted by Crippen LogP contribution is 2.06. The van der Waals surface area contributed by atoms with Gasteiger partial charge in [-0.1, -0.05) is 18.7 Å². The Morgan fingerprint density at radius 3 is 2.65 bits per heavy atom. The molecule has 0 aliphatic carbocycles. The lowest BCUT2D eigenvalue weighted by molar-refractivity contribution is 0.0443. The van der Waals surface area contributed by atoms with Crippen molar-refractivity contribution >= 4 is 6.09 Å². The molecule has 0 aliphatic heterocycles. The molecular weight excluding hydrogens is 258 g/mol. The van der Waals surface area contributed by atoms with Gasteiger partial charge >= 0.3 is 6.09 Å². The highest BCUT2D eigenvalue weighted by Gasteiger charge is 2.16. The van der Waals surface area contributed by atoms with Gasteiger partial charge in [0.25, 0.3) is 0 Å². The van der Waals surface area contributed by atoms with Crippen LogP contribution in [0.15, 0.2) is 36.6 Å². The Morgan fingerprint density at radius 2 is 2.10 bits per heavy atom. The fourth-order valence-corrected chi connectivity index (χ4v) is 1.11. The van der Waals surface area contributed by atoms with Gasteiger partial charge in [-0.25, -0.2) is 4.79 Å². The average molecular weight is 283 g/mol. The zero-order valence-electron chi connectivity index (χ0n) is 12.7. The van der Waals surface area contributed by atoms with E-state index in [0.717, 1.165) is 0 Å². The number of carbonyl (C=O) groups is 1. The van der Waals surface area contributed by atoms with Crippen molar-refractivity contribution in [2.45, 2.75) is 39.4 Å². The van der Waals surface area contributed by atoms with Crippen LogP contribution >= 0.6 is 0 Å². The van der Waals surface area contributed by atoms with E-state index in [2.05, 4.69) is 11.9 Å². The molecule has 0 aromatic rings. The van der Waals surface area contributed by atoms with Crippen LogP contribution in [0.5, 0.6) is 0 Å². The summed E-state index contributed by atoms with van der Waals surface area (Å²) in [6.07, 6.45) is 5.69. The van der Waals surface area contributed by atoms with Gasteiger partial charge in [0.15, 0.2) is 0 Å². The molecule has 1 atom stereocenters. The van der Waals surface area contributed by atoms with Gasteiger partial charge in [0, 0.05) is 6.54 Å². The fourth-order valence-electron chi connectivity index (χ4n) is 1.11. The number of aliphatic hydroxyl groups excluding tert-OH is 1. The van der Waals surface area contributed by atoms with Crippen LogP contribution in [0.1, 0.15) is 27.7 Å². The van der Waals surface area contributed by atoms with Crippen LogP contribution in [0.3, 0.4) is 0 Å². The van der Waals surface area contributed by atoms with E-state index in [1.54, 1.807) is 12.2 Å². The van der Waals surface area contributed by atoms with E-state index in [4.69, 9.17) is 14.6 Å². The largest absolute Gasteiger partial charge is 0.508 e. The molecule has 0 aliphatic rings. The Bertz CT molecular complexity index is 367. The maximum absolute atomic E-state index is 11.4. The Kier molecular flexibility index (Phi) is 8.40. The smallest absolute Gasteiger partial charge is 0.407 e. The van der Waals surface area contributed by atoms with E-state index in [9.17, 15) is 4.79 Å². The molecule has 0 aromatic carbocycles. The minimum absolute atomic E-state index is 0.0980. The molecule has 2 N–H and O–H groups in total. The van der Waals surface area contributed by atoms with E-state index in [1.165, 1.54) is 12.2 Å². The van der Waals surface area contributed by atoms with Gasteiger partial charge in [-0.05, 0) is 39.8 Å². The van der Waals surface area contributed by atoms with Crippen molar-refractivity contribution in [3.8, 4) is 0 Å². The molecule has 1 amide bonds. The summed E-state index contributed by atoms with van der Waals surface area (Å²) in [6.45, 7) is 11.5. The summed E-state index contributed by atoms with van der Waals surface area (Å²) >= 11 is 0.